The molecule has 2 heterocycles. The van der Waals surface area contributed by atoms with Crippen molar-refractivity contribution >= 4 is 23.6 Å². The minimum Gasteiger partial charge on any atom is -0.268 e. The van der Waals surface area contributed by atoms with Crippen LogP contribution in [-0.2, 0) is 0 Å². The predicted octanol–water partition coefficient (Wildman–Crippen LogP) is 2.31. The molecule has 0 aromatic heterocycles. The van der Waals surface area contributed by atoms with Gasteiger partial charge in [-0.2, -0.15) is 0 Å². The fraction of sp³-hybridized carbons (Fsp3) is 0.158. The monoisotopic (exact) mass is 334 g/mol. The van der Waals surface area contributed by atoms with Gasteiger partial charge in [-0.05, 0) is 38.1 Å². The molecular weight excluding hydrogens is 320 g/mol. The summed E-state index contributed by atoms with van der Waals surface area (Å²) in [5, 5.41) is 0. The number of imide groups is 2. The summed E-state index contributed by atoms with van der Waals surface area (Å²) in [7, 11) is 0. The number of hydrogen-bond donors (Lipinski definition) is 0. The maximum absolute atomic E-state index is 12.8. The van der Waals surface area contributed by atoms with Crippen molar-refractivity contribution in [1.29, 1.82) is 0 Å². The van der Waals surface area contributed by atoms with Crippen molar-refractivity contribution in [3.63, 3.8) is 0 Å². The first kappa shape index (κ1) is 15.3. The fourth-order valence-corrected chi connectivity index (χ4v) is 3.47. The Balaban J connectivity index is 1.80. The quantitative estimate of drug-likeness (QED) is 0.790. The highest BCUT2D eigenvalue weighted by Gasteiger charge is 2.53. The molecule has 124 valence electrons. The molecule has 2 aliphatic heterocycles. The maximum atomic E-state index is 12.8. The van der Waals surface area contributed by atoms with Gasteiger partial charge in [-0.1, -0.05) is 24.3 Å². The van der Waals surface area contributed by atoms with Crippen molar-refractivity contribution in [2.24, 2.45) is 0 Å². The number of rotatable bonds is 2. The van der Waals surface area contributed by atoms with Gasteiger partial charge in [-0.3, -0.25) is 29.0 Å². The Morgan fingerprint density at radius 3 is 1.04 bits per heavy atom. The van der Waals surface area contributed by atoms with Crippen LogP contribution in [0.5, 0.6) is 0 Å². The molecule has 0 saturated carbocycles. The van der Waals surface area contributed by atoms with Crippen LogP contribution in [-0.4, -0.2) is 39.1 Å². The number of amides is 4. The maximum Gasteiger partial charge on any atom is 0.263 e. The first-order valence-electron chi connectivity index (χ1n) is 7.81. The van der Waals surface area contributed by atoms with Gasteiger partial charge in [-0.15, -0.1) is 0 Å². The van der Waals surface area contributed by atoms with E-state index in [0.717, 1.165) is 9.80 Å². The van der Waals surface area contributed by atoms with Crippen molar-refractivity contribution in [3.8, 4) is 0 Å². The lowest BCUT2D eigenvalue weighted by Gasteiger charge is -2.40. The second kappa shape index (κ2) is 4.86. The van der Waals surface area contributed by atoms with Crippen LogP contribution in [0.1, 0.15) is 55.3 Å². The number of carbonyl (C=O) groups is 4. The topological polar surface area (TPSA) is 74.8 Å². The summed E-state index contributed by atoms with van der Waals surface area (Å²) < 4.78 is 0. The van der Waals surface area contributed by atoms with Crippen molar-refractivity contribution in [2.45, 2.75) is 19.5 Å². The van der Waals surface area contributed by atoms with E-state index in [0.29, 0.717) is 0 Å². The molecule has 0 unspecified atom stereocenters. The third kappa shape index (κ3) is 1.85. The summed E-state index contributed by atoms with van der Waals surface area (Å²) in [6.45, 7) is 3.05. The second-order valence-corrected chi connectivity index (χ2v) is 6.48. The van der Waals surface area contributed by atoms with Crippen molar-refractivity contribution in [3.05, 3.63) is 70.8 Å². The van der Waals surface area contributed by atoms with E-state index in [1.807, 2.05) is 0 Å². The molecule has 0 radical (unpaired) electrons. The Morgan fingerprint density at radius 1 is 0.560 bits per heavy atom. The van der Waals surface area contributed by atoms with E-state index >= 15 is 0 Å². The van der Waals surface area contributed by atoms with Crippen LogP contribution in [0.25, 0.3) is 0 Å². The van der Waals surface area contributed by atoms with Gasteiger partial charge in [-0.25, -0.2) is 0 Å². The first-order chi connectivity index (χ1) is 11.9. The molecule has 2 aliphatic rings. The Kier molecular flexibility index (Phi) is 2.97. The second-order valence-electron chi connectivity index (χ2n) is 6.48. The molecule has 0 atom stereocenters. The highest BCUT2D eigenvalue weighted by molar-refractivity contribution is 6.25. The third-order valence-corrected chi connectivity index (χ3v) is 4.68. The molecule has 2 aromatic carbocycles. The minimum absolute atomic E-state index is 0.275. The zero-order chi connectivity index (χ0) is 17.9. The van der Waals surface area contributed by atoms with E-state index in [2.05, 4.69) is 0 Å². The molecule has 0 fully saturated rings. The van der Waals surface area contributed by atoms with E-state index in [1.165, 1.54) is 13.8 Å². The fourth-order valence-electron chi connectivity index (χ4n) is 3.47. The summed E-state index contributed by atoms with van der Waals surface area (Å²) in [4.78, 5) is 53.0. The summed E-state index contributed by atoms with van der Waals surface area (Å²) in [6.07, 6.45) is 0. The normalized spacial score (nSPS) is 16.6. The molecule has 0 aliphatic carbocycles. The average molecular weight is 334 g/mol. The molecular formula is C19H14N2O4. The van der Waals surface area contributed by atoms with Gasteiger partial charge in [0.1, 0.15) is 5.66 Å². The summed E-state index contributed by atoms with van der Waals surface area (Å²) in [6, 6.07) is 12.9. The number of hydrogen-bond acceptors (Lipinski definition) is 4. The summed E-state index contributed by atoms with van der Waals surface area (Å²) >= 11 is 0. The van der Waals surface area contributed by atoms with Crippen molar-refractivity contribution in [1.82, 2.24) is 9.80 Å². The van der Waals surface area contributed by atoms with Crippen LogP contribution < -0.4 is 0 Å². The van der Waals surface area contributed by atoms with E-state index in [1.54, 1.807) is 48.5 Å². The molecule has 4 rings (SSSR count). The molecule has 6 nitrogen and oxygen atoms in total. The molecule has 25 heavy (non-hydrogen) atoms. The largest absolute Gasteiger partial charge is 0.268 e. The van der Waals surface area contributed by atoms with Gasteiger partial charge in [0.2, 0.25) is 0 Å². The molecule has 2 aromatic rings. The SMILES string of the molecule is CC(C)(N1C(=O)c2ccccc2C1=O)N1C(=O)c2ccccc2C1=O. The zero-order valence-corrected chi connectivity index (χ0v) is 13.6. The molecule has 0 N–H and O–H groups in total. The van der Waals surface area contributed by atoms with Crippen LogP contribution in [0.2, 0.25) is 0 Å². The predicted molar refractivity (Wildman–Crippen MR) is 88.0 cm³/mol. The van der Waals surface area contributed by atoms with Gasteiger partial charge in [0, 0.05) is 0 Å². The van der Waals surface area contributed by atoms with Crippen LogP contribution in [0.15, 0.2) is 48.5 Å². The molecule has 0 spiro atoms. The van der Waals surface area contributed by atoms with Gasteiger partial charge in [0.25, 0.3) is 23.6 Å². The van der Waals surface area contributed by atoms with Crippen molar-refractivity contribution < 1.29 is 19.2 Å². The van der Waals surface area contributed by atoms with Crippen LogP contribution in [0.3, 0.4) is 0 Å². The van der Waals surface area contributed by atoms with E-state index in [-0.39, 0.29) is 22.3 Å². The number of nitrogens with zero attached hydrogens (tertiary/aromatic N) is 2. The lowest BCUT2D eigenvalue weighted by atomic mass is 10.1. The number of benzene rings is 2. The Bertz CT molecular complexity index is 829. The van der Waals surface area contributed by atoms with E-state index in [9.17, 15) is 19.2 Å². The Labute approximate surface area is 143 Å². The van der Waals surface area contributed by atoms with Gasteiger partial charge in [0.15, 0.2) is 0 Å². The lowest BCUT2D eigenvalue weighted by molar-refractivity contribution is 0.00433. The zero-order valence-electron chi connectivity index (χ0n) is 13.6. The average Bonchev–Trinajstić information content (AvgIpc) is 3.01. The standard InChI is InChI=1S/C19H14N2O4/c1-19(2,20-15(22)11-7-3-4-8-12(11)16(20)23)21-17(24)13-9-5-6-10-14(13)18(21)25/h3-10H,1-2H3. The van der Waals surface area contributed by atoms with Gasteiger partial charge < -0.3 is 0 Å². The van der Waals surface area contributed by atoms with Crippen molar-refractivity contribution in [2.75, 3.05) is 0 Å². The minimum atomic E-state index is -1.43. The molecule has 0 bridgehead atoms. The Hall–Kier alpha value is -3.28. The van der Waals surface area contributed by atoms with Crippen LogP contribution in [0, 0.1) is 0 Å². The van der Waals surface area contributed by atoms with Gasteiger partial charge in [0.05, 0.1) is 22.3 Å². The third-order valence-electron chi connectivity index (χ3n) is 4.68. The summed E-state index contributed by atoms with van der Waals surface area (Å²) in [5.74, 6) is -2.05. The smallest absolute Gasteiger partial charge is 0.263 e. The van der Waals surface area contributed by atoms with Gasteiger partial charge >= 0.3 is 0 Å². The highest BCUT2D eigenvalue weighted by atomic mass is 16.2. The molecule has 0 saturated heterocycles. The van der Waals surface area contributed by atoms with Crippen LogP contribution >= 0.6 is 0 Å². The number of carbonyl (C=O) groups excluding carboxylic acids is 4. The molecule has 6 heteroatoms. The Morgan fingerprint density at radius 2 is 0.800 bits per heavy atom. The lowest BCUT2D eigenvalue weighted by Crippen LogP contribution is -2.60. The summed E-state index contributed by atoms with van der Waals surface area (Å²) in [5.41, 5.74) is -0.330. The highest BCUT2D eigenvalue weighted by Crippen LogP contribution is 2.36. The van der Waals surface area contributed by atoms with E-state index < -0.39 is 29.3 Å². The van der Waals surface area contributed by atoms with E-state index in [4.69, 9.17) is 0 Å². The van der Waals surface area contributed by atoms with Crippen LogP contribution in [0.4, 0.5) is 0 Å². The first-order valence-corrected chi connectivity index (χ1v) is 7.81. The number of fused-ring (bicyclic) bond motifs is 2. The molecule has 4 amide bonds.